The van der Waals surface area contributed by atoms with Gasteiger partial charge in [0, 0.05) is 11.3 Å². The molecule has 2 N–H and O–H groups in total. The minimum atomic E-state index is -0.712. The van der Waals surface area contributed by atoms with E-state index in [2.05, 4.69) is 10.5 Å². The van der Waals surface area contributed by atoms with E-state index < -0.39 is 5.92 Å². The number of fused-ring (bicyclic) bond motifs is 1. The summed E-state index contributed by atoms with van der Waals surface area (Å²) in [6, 6.07) is 12.9. The van der Waals surface area contributed by atoms with Gasteiger partial charge in [0.1, 0.15) is 5.92 Å². The third-order valence-corrected chi connectivity index (χ3v) is 3.94. The Bertz CT molecular complexity index is 784. The zero-order valence-corrected chi connectivity index (χ0v) is 13.4. The summed E-state index contributed by atoms with van der Waals surface area (Å²) in [7, 11) is 1.53. The second kappa shape index (κ2) is 6.62. The summed E-state index contributed by atoms with van der Waals surface area (Å²) in [4.78, 5) is 12.6. The number of oxime groups is 1. The van der Waals surface area contributed by atoms with Gasteiger partial charge in [-0.3, -0.25) is 4.79 Å². The Morgan fingerprint density at radius 3 is 2.71 bits per heavy atom. The summed E-state index contributed by atoms with van der Waals surface area (Å²) in [5, 5.41) is 15.2. The largest absolute Gasteiger partial charge is 0.493 e. The van der Waals surface area contributed by atoms with Crippen molar-refractivity contribution in [3.63, 3.8) is 0 Å². The Labute approximate surface area is 139 Å². The molecular formula is C18H18N2O4. The molecule has 0 aromatic heterocycles. The number of nitrogens with one attached hydrogen (secondary N) is 1. The van der Waals surface area contributed by atoms with E-state index in [1.54, 1.807) is 6.07 Å². The average molecular weight is 326 g/mol. The number of rotatable bonds is 3. The molecule has 0 aliphatic carbocycles. The van der Waals surface area contributed by atoms with Gasteiger partial charge in [-0.2, -0.15) is 0 Å². The number of hydrogen-bond acceptors (Lipinski definition) is 5. The SMILES string of the molecule is COc1cccc2c1O/C(=N\O)C(C(=O)Nc1ccc(C)cc1)C2. The van der Waals surface area contributed by atoms with Crippen LogP contribution in [0.1, 0.15) is 11.1 Å². The summed E-state index contributed by atoms with van der Waals surface area (Å²) in [6.07, 6.45) is 0.365. The molecule has 1 heterocycles. The third kappa shape index (κ3) is 3.03. The molecule has 0 radical (unpaired) electrons. The second-order valence-electron chi connectivity index (χ2n) is 5.60. The van der Waals surface area contributed by atoms with Crippen LogP contribution < -0.4 is 14.8 Å². The lowest BCUT2D eigenvalue weighted by molar-refractivity contribution is -0.118. The first kappa shape index (κ1) is 15.9. The molecule has 1 atom stereocenters. The first-order chi connectivity index (χ1) is 11.6. The van der Waals surface area contributed by atoms with Gasteiger partial charge in [0.2, 0.25) is 11.8 Å². The smallest absolute Gasteiger partial charge is 0.244 e. The molecule has 1 aliphatic rings. The highest BCUT2D eigenvalue weighted by Crippen LogP contribution is 2.37. The van der Waals surface area contributed by atoms with Crippen molar-refractivity contribution in [2.24, 2.45) is 11.1 Å². The van der Waals surface area contributed by atoms with E-state index in [9.17, 15) is 10.0 Å². The van der Waals surface area contributed by atoms with Crippen LogP contribution in [0.4, 0.5) is 5.69 Å². The number of carbonyl (C=O) groups is 1. The van der Waals surface area contributed by atoms with Crippen LogP contribution >= 0.6 is 0 Å². The van der Waals surface area contributed by atoms with Crippen LogP contribution in [0.15, 0.2) is 47.6 Å². The summed E-state index contributed by atoms with van der Waals surface area (Å²) in [5.41, 5.74) is 2.61. The standard InChI is InChI=1S/C18H18N2O4/c1-11-6-8-13(9-7-11)19-17(21)14-10-12-4-3-5-15(23-2)16(12)24-18(14)20-22/h3-9,14,22H,10H2,1-2H3,(H,19,21)/b20-18-. The summed E-state index contributed by atoms with van der Waals surface area (Å²) in [6.45, 7) is 1.97. The van der Waals surface area contributed by atoms with Gasteiger partial charge >= 0.3 is 0 Å². The fourth-order valence-electron chi connectivity index (χ4n) is 2.64. The van der Waals surface area contributed by atoms with E-state index in [4.69, 9.17) is 9.47 Å². The Balaban J connectivity index is 1.84. The summed E-state index contributed by atoms with van der Waals surface area (Å²) < 4.78 is 10.9. The van der Waals surface area contributed by atoms with Gasteiger partial charge in [0.15, 0.2) is 11.5 Å². The molecular weight excluding hydrogens is 308 g/mol. The minimum absolute atomic E-state index is 0.0448. The maximum absolute atomic E-state index is 12.6. The number of aryl methyl sites for hydroxylation is 1. The lowest BCUT2D eigenvalue weighted by Gasteiger charge is -2.26. The fraction of sp³-hybridized carbons (Fsp3) is 0.222. The highest BCUT2D eigenvalue weighted by Gasteiger charge is 2.34. The van der Waals surface area contributed by atoms with E-state index in [0.29, 0.717) is 23.6 Å². The van der Waals surface area contributed by atoms with Crippen molar-refractivity contribution < 1.29 is 19.5 Å². The van der Waals surface area contributed by atoms with Crippen LogP contribution in [0.25, 0.3) is 0 Å². The first-order valence-electron chi connectivity index (χ1n) is 7.55. The second-order valence-corrected chi connectivity index (χ2v) is 5.60. The molecule has 124 valence electrons. The van der Waals surface area contributed by atoms with Crippen LogP contribution in [-0.2, 0) is 11.2 Å². The monoisotopic (exact) mass is 326 g/mol. The molecule has 0 saturated carbocycles. The predicted molar refractivity (Wildman–Crippen MR) is 89.8 cm³/mol. The van der Waals surface area contributed by atoms with E-state index in [1.165, 1.54) is 7.11 Å². The number of amides is 1. The van der Waals surface area contributed by atoms with Crippen molar-refractivity contribution in [3.05, 3.63) is 53.6 Å². The molecule has 1 aliphatic heterocycles. The Kier molecular flexibility index (Phi) is 4.37. The van der Waals surface area contributed by atoms with Crippen molar-refractivity contribution in [3.8, 4) is 11.5 Å². The third-order valence-electron chi connectivity index (χ3n) is 3.94. The van der Waals surface area contributed by atoms with Crippen molar-refractivity contribution in [2.45, 2.75) is 13.3 Å². The quantitative estimate of drug-likeness (QED) is 0.671. The van der Waals surface area contributed by atoms with E-state index >= 15 is 0 Å². The van der Waals surface area contributed by atoms with Crippen LogP contribution in [0, 0.1) is 12.8 Å². The molecule has 3 rings (SSSR count). The molecule has 1 amide bonds. The molecule has 0 saturated heterocycles. The van der Waals surface area contributed by atoms with E-state index in [-0.39, 0.29) is 11.8 Å². The van der Waals surface area contributed by atoms with Crippen molar-refractivity contribution >= 4 is 17.5 Å². The van der Waals surface area contributed by atoms with Gasteiger partial charge < -0.3 is 20.0 Å². The van der Waals surface area contributed by atoms with Gasteiger partial charge in [-0.15, -0.1) is 0 Å². The summed E-state index contributed by atoms with van der Waals surface area (Å²) >= 11 is 0. The Morgan fingerprint density at radius 1 is 1.29 bits per heavy atom. The first-order valence-corrected chi connectivity index (χ1v) is 7.55. The topological polar surface area (TPSA) is 80.2 Å². The molecule has 24 heavy (non-hydrogen) atoms. The number of carbonyl (C=O) groups excluding carboxylic acids is 1. The lowest BCUT2D eigenvalue weighted by atomic mass is 9.94. The number of methoxy groups -OCH3 is 1. The molecule has 0 spiro atoms. The van der Waals surface area contributed by atoms with Crippen molar-refractivity contribution in [1.82, 2.24) is 0 Å². The molecule has 6 nitrogen and oxygen atoms in total. The molecule has 0 bridgehead atoms. The number of hydrogen-bond donors (Lipinski definition) is 2. The highest BCUT2D eigenvalue weighted by molar-refractivity contribution is 6.08. The molecule has 1 unspecified atom stereocenters. The predicted octanol–water partition coefficient (Wildman–Crippen LogP) is 2.98. The average Bonchev–Trinajstić information content (AvgIpc) is 2.61. The van der Waals surface area contributed by atoms with Crippen molar-refractivity contribution in [2.75, 3.05) is 12.4 Å². The van der Waals surface area contributed by atoms with Crippen LogP contribution in [0.5, 0.6) is 11.5 Å². The fourth-order valence-corrected chi connectivity index (χ4v) is 2.64. The van der Waals surface area contributed by atoms with E-state index in [1.807, 2.05) is 43.3 Å². The molecule has 2 aromatic carbocycles. The number of nitrogens with zero attached hydrogens (tertiary/aromatic N) is 1. The molecule has 6 heteroatoms. The van der Waals surface area contributed by atoms with Crippen LogP contribution in [0.3, 0.4) is 0 Å². The number of para-hydroxylation sites is 1. The van der Waals surface area contributed by atoms with Gasteiger partial charge in [0.25, 0.3) is 0 Å². The normalized spacial score (nSPS) is 17.8. The van der Waals surface area contributed by atoms with Crippen molar-refractivity contribution in [1.29, 1.82) is 0 Å². The Hall–Kier alpha value is -3.02. The van der Waals surface area contributed by atoms with Crippen LogP contribution in [0.2, 0.25) is 0 Å². The highest BCUT2D eigenvalue weighted by atomic mass is 16.5. The number of benzene rings is 2. The maximum Gasteiger partial charge on any atom is 0.244 e. The van der Waals surface area contributed by atoms with E-state index in [0.717, 1.165) is 11.1 Å². The van der Waals surface area contributed by atoms with Gasteiger partial charge in [0.05, 0.1) is 7.11 Å². The van der Waals surface area contributed by atoms with Gasteiger partial charge in [-0.05, 0) is 31.5 Å². The zero-order chi connectivity index (χ0) is 17.1. The van der Waals surface area contributed by atoms with Gasteiger partial charge in [-0.25, -0.2) is 0 Å². The zero-order valence-electron chi connectivity index (χ0n) is 13.4. The minimum Gasteiger partial charge on any atom is -0.493 e. The lowest BCUT2D eigenvalue weighted by Crippen LogP contribution is -2.37. The number of anilines is 1. The maximum atomic E-state index is 12.6. The van der Waals surface area contributed by atoms with Gasteiger partial charge in [-0.1, -0.05) is 35.0 Å². The molecule has 2 aromatic rings. The number of ether oxygens (including phenoxy) is 2. The Morgan fingerprint density at radius 2 is 2.04 bits per heavy atom. The van der Waals surface area contributed by atoms with Crippen LogP contribution in [-0.4, -0.2) is 24.1 Å². The summed E-state index contributed by atoms with van der Waals surface area (Å²) in [5.74, 6) is -0.0362. The molecule has 0 fully saturated rings.